The van der Waals surface area contributed by atoms with Crippen LogP contribution < -0.4 is 15.0 Å². The van der Waals surface area contributed by atoms with Gasteiger partial charge in [0.2, 0.25) is 17.6 Å². The number of amides is 1. The zero-order chi connectivity index (χ0) is 24.7. The summed E-state index contributed by atoms with van der Waals surface area (Å²) in [6.07, 6.45) is 5.75. The summed E-state index contributed by atoms with van der Waals surface area (Å²) in [5.41, 5.74) is 3.29. The molecule has 1 aromatic heterocycles. The molecule has 36 heavy (non-hydrogen) atoms. The molecule has 3 aromatic rings. The number of anilines is 1. The summed E-state index contributed by atoms with van der Waals surface area (Å²) in [6, 6.07) is 16.2. The maximum Gasteiger partial charge on any atom is 0.241 e. The molecule has 2 aliphatic rings. The molecule has 0 radical (unpaired) electrons. The average molecular weight is 490 g/mol. The Kier molecular flexibility index (Phi) is 7.81. The Labute approximate surface area is 212 Å². The summed E-state index contributed by atoms with van der Waals surface area (Å²) in [7, 11) is 1.64. The van der Waals surface area contributed by atoms with E-state index in [0.717, 1.165) is 49.4 Å². The van der Waals surface area contributed by atoms with E-state index < -0.39 is 0 Å². The summed E-state index contributed by atoms with van der Waals surface area (Å²) >= 11 is 0. The first-order chi connectivity index (χ1) is 17.7. The first-order valence-electron chi connectivity index (χ1n) is 13.0. The predicted molar refractivity (Wildman–Crippen MR) is 139 cm³/mol. The van der Waals surface area contributed by atoms with Crippen LogP contribution in [-0.4, -0.2) is 54.2 Å². The maximum atomic E-state index is 12.9. The SMILES string of the molecule is COc1ccc(-c2noc(CN3CCCC(C(=O)NCc4ccc(N5CCCCC5)cc4)C3)n2)cc1. The number of rotatable bonds is 8. The molecule has 3 heterocycles. The lowest BCUT2D eigenvalue weighted by Crippen LogP contribution is -2.42. The number of carbonyl (C=O) groups excluding carboxylic acids is 1. The third-order valence-electron chi connectivity index (χ3n) is 7.18. The summed E-state index contributed by atoms with van der Waals surface area (Å²) in [6.45, 7) is 5.00. The number of hydrogen-bond acceptors (Lipinski definition) is 7. The molecular weight excluding hydrogens is 454 g/mol. The van der Waals surface area contributed by atoms with E-state index in [1.54, 1.807) is 7.11 Å². The molecule has 8 heteroatoms. The van der Waals surface area contributed by atoms with E-state index in [-0.39, 0.29) is 11.8 Å². The third kappa shape index (κ3) is 6.05. The molecule has 190 valence electrons. The van der Waals surface area contributed by atoms with Crippen LogP contribution in [0, 0.1) is 5.92 Å². The van der Waals surface area contributed by atoms with Gasteiger partial charge in [0, 0.05) is 37.4 Å². The highest BCUT2D eigenvalue weighted by Gasteiger charge is 2.27. The van der Waals surface area contributed by atoms with Gasteiger partial charge >= 0.3 is 0 Å². The minimum absolute atomic E-state index is 0.0321. The summed E-state index contributed by atoms with van der Waals surface area (Å²) in [5, 5.41) is 7.27. The van der Waals surface area contributed by atoms with Crippen molar-refractivity contribution in [1.29, 1.82) is 0 Å². The van der Waals surface area contributed by atoms with Crippen molar-refractivity contribution in [2.24, 2.45) is 5.92 Å². The number of methoxy groups -OCH3 is 1. The number of aromatic nitrogens is 2. The number of carbonyl (C=O) groups is 1. The molecule has 1 amide bonds. The van der Waals surface area contributed by atoms with Crippen LogP contribution in [0.3, 0.4) is 0 Å². The van der Waals surface area contributed by atoms with Crippen molar-refractivity contribution >= 4 is 11.6 Å². The molecule has 2 aliphatic heterocycles. The van der Waals surface area contributed by atoms with E-state index in [2.05, 4.69) is 49.5 Å². The average Bonchev–Trinajstić information content (AvgIpc) is 3.41. The Morgan fingerprint density at radius 2 is 1.81 bits per heavy atom. The summed E-state index contributed by atoms with van der Waals surface area (Å²) < 4.78 is 10.7. The van der Waals surface area contributed by atoms with Crippen LogP contribution >= 0.6 is 0 Å². The zero-order valence-electron chi connectivity index (χ0n) is 21.0. The Hall–Kier alpha value is -3.39. The van der Waals surface area contributed by atoms with Gasteiger partial charge in [-0.15, -0.1) is 0 Å². The van der Waals surface area contributed by atoms with E-state index in [1.165, 1.54) is 24.9 Å². The van der Waals surface area contributed by atoms with Crippen LogP contribution in [-0.2, 0) is 17.9 Å². The van der Waals surface area contributed by atoms with Crippen molar-refractivity contribution in [3.05, 3.63) is 60.0 Å². The fourth-order valence-corrected chi connectivity index (χ4v) is 5.09. The van der Waals surface area contributed by atoms with E-state index in [4.69, 9.17) is 9.26 Å². The van der Waals surface area contributed by atoms with Gasteiger partial charge in [0.15, 0.2) is 0 Å². The smallest absolute Gasteiger partial charge is 0.241 e. The monoisotopic (exact) mass is 489 g/mol. The molecule has 2 saturated heterocycles. The molecule has 0 bridgehead atoms. The Morgan fingerprint density at radius 1 is 1.03 bits per heavy atom. The molecule has 0 saturated carbocycles. The fraction of sp³-hybridized carbons (Fsp3) is 0.464. The van der Waals surface area contributed by atoms with Gasteiger partial charge in [-0.2, -0.15) is 4.98 Å². The second-order valence-electron chi connectivity index (χ2n) is 9.75. The van der Waals surface area contributed by atoms with Gasteiger partial charge < -0.3 is 19.5 Å². The number of nitrogens with one attached hydrogen (secondary N) is 1. The Morgan fingerprint density at radius 3 is 2.56 bits per heavy atom. The summed E-state index contributed by atoms with van der Waals surface area (Å²) in [4.78, 5) is 22.1. The summed E-state index contributed by atoms with van der Waals surface area (Å²) in [5.74, 6) is 2.00. The van der Waals surface area contributed by atoms with Gasteiger partial charge in [-0.05, 0) is 80.6 Å². The molecule has 0 aliphatic carbocycles. The largest absolute Gasteiger partial charge is 0.497 e. The molecule has 8 nitrogen and oxygen atoms in total. The number of ether oxygens (including phenoxy) is 1. The lowest BCUT2D eigenvalue weighted by atomic mass is 9.97. The molecule has 5 rings (SSSR count). The highest BCUT2D eigenvalue weighted by Crippen LogP contribution is 2.23. The van der Waals surface area contributed by atoms with Crippen molar-refractivity contribution in [2.45, 2.75) is 45.2 Å². The van der Waals surface area contributed by atoms with Crippen LogP contribution in [0.4, 0.5) is 5.69 Å². The van der Waals surface area contributed by atoms with Gasteiger partial charge in [-0.1, -0.05) is 17.3 Å². The van der Waals surface area contributed by atoms with Crippen LogP contribution in [0.5, 0.6) is 5.75 Å². The molecule has 2 aromatic carbocycles. The van der Waals surface area contributed by atoms with Crippen LogP contribution in [0.1, 0.15) is 43.6 Å². The zero-order valence-corrected chi connectivity index (χ0v) is 21.0. The second kappa shape index (κ2) is 11.6. The van der Waals surface area contributed by atoms with E-state index in [9.17, 15) is 4.79 Å². The fourth-order valence-electron chi connectivity index (χ4n) is 5.09. The first-order valence-corrected chi connectivity index (χ1v) is 13.0. The number of nitrogens with zero attached hydrogens (tertiary/aromatic N) is 4. The quantitative estimate of drug-likeness (QED) is 0.506. The highest BCUT2D eigenvalue weighted by atomic mass is 16.5. The van der Waals surface area contributed by atoms with E-state index >= 15 is 0 Å². The van der Waals surface area contributed by atoms with Gasteiger partial charge in [-0.25, -0.2) is 0 Å². The number of benzene rings is 2. The van der Waals surface area contributed by atoms with E-state index in [1.807, 2.05) is 24.3 Å². The van der Waals surface area contributed by atoms with Gasteiger partial charge in [0.25, 0.3) is 0 Å². The molecule has 1 unspecified atom stereocenters. The van der Waals surface area contributed by atoms with Crippen molar-refractivity contribution in [3.8, 4) is 17.1 Å². The third-order valence-corrected chi connectivity index (χ3v) is 7.18. The molecular formula is C28H35N5O3. The predicted octanol–water partition coefficient (Wildman–Crippen LogP) is 4.26. The maximum absolute atomic E-state index is 12.9. The second-order valence-corrected chi connectivity index (χ2v) is 9.75. The minimum Gasteiger partial charge on any atom is -0.497 e. The van der Waals surface area contributed by atoms with Crippen molar-refractivity contribution in [1.82, 2.24) is 20.4 Å². The van der Waals surface area contributed by atoms with Crippen LogP contribution in [0.2, 0.25) is 0 Å². The Balaban J connectivity index is 1.10. The van der Waals surface area contributed by atoms with Crippen molar-refractivity contribution < 1.29 is 14.1 Å². The molecule has 2 fully saturated rings. The van der Waals surface area contributed by atoms with Crippen LogP contribution in [0.15, 0.2) is 53.1 Å². The van der Waals surface area contributed by atoms with E-state index in [0.29, 0.717) is 31.3 Å². The molecule has 0 spiro atoms. The standard InChI is InChI=1S/C28H35N5O3/c1-35-25-13-9-22(10-14-25)27-30-26(36-31-27)20-32-15-5-6-23(19-32)28(34)29-18-21-7-11-24(12-8-21)33-16-3-2-4-17-33/h7-14,23H,2-6,15-20H2,1H3,(H,29,34). The van der Waals surface area contributed by atoms with Gasteiger partial charge in [0.05, 0.1) is 19.6 Å². The number of piperidine rings is 2. The highest BCUT2D eigenvalue weighted by molar-refractivity contribution is 5.79. The number of hydrogen-bond donors (Lipinski definition) is 1. The normalized spacial score (nSPS) is 18.7. The molecule has 1 N–H and O–H groups in total. The topological polar surface area (TPSA) is 83.7 Å². The molecule has 1 atom stereocenters. The van der Waals surface area contributed by atoms with Crippen molar-refractivity contribution in [2.75, 3.05) is 38.2 Å². The minimum atomic E-state index is -0.0321. The van der Waals surface area contributed by atoms with Crippen molar-refractivity contribution in [3.63, 3.8) is 0 Å². The lowest BCUT2D eigenvalue weighted by molar-refractivity contribution is -0.127. The van der Waals surface area contributed by atoms with Crippen LogP contribution in [0.25, 0.3) is 11.4 Å². The van der Waals surface area contributed by atoms with Gasteiger partial charge in [0.1, 0.15) is 5.75 Å². The number of likely N-dealkylation sites (tertiary alicyclic amines) is 1. The lowest BCUT2D eigenvalue weighted by Gasteiger charge is -2.31. The Bertz CT molecular complexity index is 1120. The first kappa shape index (κ1) is 24.3. The van der Waals surface area contributed by atoms with Gasteiger partial charge in [-0.3, -0.25) is 9.69 Å².